The zero-order valence-corrected chi connectivity index (χ0v) is 9.37. The van der Waals surface area contributed by atoms with E-state index in [2.05, 4.69) is 0 Å². The number of hydrogen-bond acceptors (Lipinski definition) is 3. The van der Waals surface area contributed by atoms with Crippen LogP contribution in [-0.2, 0) is 0 Å². The summed E-state index contributed by atoms with van der Waals surface area (Å²) in [7, 11) is 0. The first kappa shape index (κ1) is 11.9. The molecule has 4 nitrogen and oxygen atoms in total. The van der Waals surface area contributed by atoms with Crippen molar-refractivity contribution in [1.82, 2.24) is 0 Å². The van der Waals surface area contributed by atoms with E-state index in [-0.39, 0.29) is 5.56 Å². The molecule has 2 aromatic carbocycles. The van der Waals surface area contributed by atoms with Crippen molar-refractivity contribution < 1.29 is 19.4 Å². The third kappa shape index (κ3) is 2.74. The molecule has 0 unspecified atom stereocenters. The van der Waals surface area contributed by atoms with Crippen LogP contribution in [0.3, 0.4) is 0 Å². The third-order valence-electron chi connectivity index (χ3n) is 2.35. The number of aldehydes is 1. The standard InChI is InChI=1S/C14H10O4/c15-9-10-1-5-12(6-2-10)18-13-7-3-11(4-8-13)14(16)17/h1-9H,(H,16,17). The summed E-state index contributed by atoms with van der Waals surface area (Å²) in [4.78, 5) is 21.1. The van der Waals surface area contributed by atoms with Crippen LogP contribution < -0.4 is 4.74 Å². The van der Waals surface area contributed by atoms with Crippen LogP contribution in [0.4, 0.5) is 0 Å². The molecule has 0 amide bonds. The Morgan fingerprint density at radius 3 is 1.89 bits per heavy atom. The second-order valence-corrected chi connectivity index (χ2v) is 3.62. The number of aromatic carboxylic acids is 1. The molecule has 18 heavy (non-hydrogen) atoms. The van der Waals surface area contributed by atoms with Crippen molar-refractivity contribution in [2.75, 3.05) is 0 Å². The molecule has 0 bridgehead atoms. The van der Waals surface area contributed by atoms with Crippen molar-refractivity contribution in [2.45, 2.75) is 0 Å². The molecule has 0 aromatic heterocycles. The van der Waals surface area contributed by atoms with Crippen LogP contribution in [-0.4, -0.2) is 17.4 Å². The summed E-state index contributed by atoms with van der Waals surface area (Å²) >= 11 is 0. The van der Waals surface area contributed by atoms with Gasteiger partial charge in [0, 0.05) is 5.56 Å². The summed E-state index contributed by atoms with van der Waals surface area (Å²) in [6, 6.07) is 12.7. The van der Waals surface area contributed by atoms with Gasteiger partial charge in [0.2, 0.25) is 0 Å². The first-order valence-corrected chi connectivity index (χ1v) is 5.25. The molecule has 0 saturated carbocycles. The van der Waals surface area contributed by atoms with Gasteiger partial charge in [-0.1, -0.05) is 0 Å². The average Bonchev–Trinajstić information content (AvgIpc) is 2.40. The smallest absolute Gasteiger partial charge is 0.335 e. The molecule has 90 valence electrons. The number of carboxylic acid groups (broad SMARTS) is 1. The lowest BCUT2D eigenvalue weighted by Crippen LogP contribution is -1.95. The predicted octanol–water partition coefficient (Wildman–Crippen LogP) is 2.99. The van der Waals surface area contributed by atoms with E-state index < -0.39 is 5.97 Å². The summed E-state index contributed by atoms with van der Waals surface area (Å²) in [6.45, 7) is 0. The normalized spacial score (nSPS) is 9.78. The minimum absolute atomic E-state index is 0.207. The maximum Gasteiger partial charge on any atom is 0.335 e. The van der Waals surface area contributed by atoms with E-state index in [0.29, 0.717) is 17.1 Å². The zero-order valence-electron chi connectivity index (χ0n) is 9.37. The molecule has 4 heteroatoms. The Hall–Kier alpha value is -2.62. The van der Waals surface area contributed by atoms with Gasteiger partial charge in [0.25, 0.3) is 0 Å². The lowest BCUT2D eigenvalue weighted by molar-refractivity contribution is 0.0696. The lowest BCUT2D eigenvalue weighted by atomic mass is 10.2. The molecule has 0 aliphatic heterocycles. The highest BCUT2D eigenvalue weighted by molar-refractivity contribution is 5.87. The number of ether oxygens (including phenoxy) is 1. The van der Waals surface area contributed by atoms with Gasteiger partial charge in [0.15, 0.2) is 0 Å². The molecule has 2 aromatic rings. The summed E-state index contributed by atoms with van der Waals surface area (Å²) in [6.07, 6.45) is 0.755. The Morgan fingerprint density at radius 1 is 0.944 bits per heavy atom. The van der Waals surface area contributed by atoms with E-state index in [0.717, 1.165) is 6.29 Å². The minimum Gasteiger partial charge on any atom is -0.478 e. The number of rotatable bonds is 4. The van der Waals surface area contributed by atoms with E-state index in [1.54, 1.807) is 36.4 Å². The van der Waals surface area contributed by atoms with Crippen LogP contribution in [0.15, 0.2) is 48.5 Å². The summed E-state index contributed by atoms with van der Waals surface area (Å²) in [5.74, 6) is 0.152. The Labute approximate surface area is 103 Å². The second kappa shape index (κ2) is 5.14. The lowest BCUT2D eigenvalue weighted by Gasteiger charge is -2.05. The Morgan fingerprint density at radius 2 is 1.44 bits per heavy atom. The van der Waals surface area contributed by atoms with Crippen molar-refractivity contribution in [1.29, 1.82) is 0 Å². The summed E-state index contributed by atoms with van der Waals surface area (Å²) < 4.78 is 5.50. The Bertz CT molecular complexity index is 555. The van der Waals surface area contributed by atoms with Crippen molar-refractivity contribution >= 4 is 12.3 Å². The minimum atomic E-state index is -0.975. The van der Waals surface area contributed by atoms with Crippen LogP contribution in [0.2, 0.25) is 0 Å². The SMILES string of the molecule is O=Cc1ccc(Oc2ccc(C(=O)O)cc2)cc1. The van der Waals surface area contributed by atoms with Crippen molar-refractivity contribution in [3.63, 3.8) is 0 Å². The first-order chi connectivity index (χ1) is 8.69. The molecule has 0 atom stereocenters. The zero-order chi connectivity index (χ0) is 13.0. The molecule has 0 radical (unpaired) electrons. The van der Waals surface area contributed by atoms with E-state index in [1.165, 1.54) is 12.1 Å². The van der Waals surface area contributed by atoms with Gasteiger partial charge in [0.05, 0.1) is 5.56 Å². The number of carbonyl (C=O) groups excluding carboxylic acids is 1. The highest BCUT2D eigenvalue weighted by Gasteiger charge is 2.02. The van der Waals surface area contributed by atoms with Gasteiger partial charge in [-0.25, -0.2) is 4.79 Å². The van der Waals surface area contributed by atoms with Crippen LogP contribution >= 0.6 is 0 Å². The van der Waals surface area contributed by atoms with Crippen LogP contribution in [0, 0.1) is 0 Å². The fourth-order valence-electron chi connectivity index (χ4n) is 1.42. The highest BCUT2D eigenvalue weighted by Crippen LogP contribution is 2.21. The van der Waals surface area contributed by atoms with Crippen LogP contribution in [0.5, 0.6) is 11.5 Å². The molecule has 0 aliphatic carbocycles. The van der Waals surface area contributed by atoms with Gasteiger partial charge >= 0.3 is 5.97 Å². The number of carboxylic acids is 1. The van der Waals surface area contributed by atoms with Crippen molar-refractivity contribution in [3.8, 4) is 11.5 Å². The maximum absolute atomic E-state index is 10.7. The Kier molecular flexibility index (Phi) is 3.38. The summed E-state index contributed by atoms with van der Waals surface area (Å²) in [5, 5.41) is 8.75. The molecule has 0 aliphatic rings. The van der Waals surface area contributed by atoms with Gasteiger partial charge in [-0.2, -0.15) is 0 Å². The molecule has 0 heterocycles. The topological polar surface area (TPSA) is 63.6 Å². The van der Waals surface area contributed by atoms with E-state index in [4.69, 9.17) is 9.84 Å². The molecule has 0 spiro atoms. The molecular weight excluding hydrogens is 232 g/mol. The molecule has 0 fully saturated rings. The quantitative estimate of drug-likeness (QED) is 0.837. The largest absolute Gasteiger partial charge is 0.478 e. The van der Waals surface area contributed by atoms with E-state index >= 15 is 0 Å². The highest BCUT2D eigenvalue weighted by atomic mass is 16.5. The van der Waals surface area contributed by atoms with Gasteiger partial charge in [0.1, 0.15) is 17.8 Å². The monoisotopic (exact) mass is 242 g/mol. The van der Waals surface area contributed by atoms with Crippen molar-refractivity contribution in [3.05, 3.63) is 59.7 Å². The number of benzene rings is 2. The first-order valence-electron chi connectivity index (χ1n) is 5.25. The van der Waals surface area contributed by atoms with Crippen LogP contribution in [0.1, 0.15) is 20.7 Å². The predicted molar refractivity (Wildman–Crippen MR) is 65.3 cm³/mol. The average molecular weight is 242 g/mol. The molecule has 1 N–H and O–H groups in total. The fourth-order valence-corrected chi connectivity index (χ4v) is 1.42. The number of carbonyl (C=O) groups is 2. The van der Waals surface area contributed by atoms with Gasteiger partial charge < -0.3 is 9.84 Å². The van der Waals surface area contributed by atoms with Gasteiger partial charge in [-0.3, -0.25) is 4.79 Å². The Balaban J connectivity index is 2.12. The van der Waals surface area contributed by atoms with Crippen LogP contribution in [0.25, 0.3) is 0 Å². The molecule has 2 rings (SSSR count). The number of hydrogen-bond donors (Lipinski definition) is 1. The van der Waals surface area contributed by atoms with Gasteiger partial charge in [-0.15, -0.1) is 0 Å². The van der Waals surface area contributed by atoms with Crippen molar-refractivity contribution in [2.24, 2.45) is 0 Å². The fraction of sp³-hybridized carbons (Fsp3) is 0. The maximum atomic E-state index is 10.7. The van der Waals surface area contributed by atoms with E-state index in [1.807, 2.05) is 0 Å². The third-order valence-corrected chi connectivity index (χ3v) is 2.35. The summed E-state index contributed by atoms with van der Waals surface area (Å²) in [5.41, 5.74) is 0.780. The molecular formula is C14H10O4. The van der Waals surface area contributed by atoms with E-state index in [9.17, 15) is 9.59 Å². The second-order valence-electron chi connectivity index (χ2n) is 3.62. The van der Waals surface area contributed by atoms with Gasteiger partial charge in [-0.05, 0) is 48.5 Å². The molecule has 0 saturated heterocycles.